The number of hydrogen-bond donors (Lipinski definition) is 1. The van der Waals surface area contributed by atoms with Gasteiger partial charge in [0.2, 0.25) is 5.91 Å². The van der Waals surface area contributed by atoms with Gasteiger partial charge >= 0.3 is 17.9 Å². The Morgan fingerprint density at radius 1 is 0.953 bits per heavy atom. The van der Waals surface area contributed by atoms with Crippen LogP contribution in [0.3, 0.4) is 0 Å². The molecule has 13 nitrogen and oxygen atoms in total. The first kappa shape index (κ1) is 32.3. The molecule has 1 aromatic heterocycles. The normalized spacial score (nSPS) is 23.8. The van der Waals surface area contributed by atoms with Crippen molar-refractivity contribution >= 4 is 35.6 Å². The molecule has 2 aromatic rings. The maximum absolute atomic E-state index is 12.3. The van der Waals surface area contributed by atoms with Crippen molar-refractivity contribution in [3.05, 3.63) is 35.7 Å². The van der Waals surface area contributed by atoms with Gasteiger partial charge in [0.05, 0.1) is 0 Å². The van der Waals surface area contributed by atoms with E-state index in [1.165, 1.54) is 39.5 Å². The number of aromatic nitrogens is 3. The number of aryl methyl sites for hydroxylation is 1. The van der Waals surface area contributed by atoms with Crippen molar-refractivity contribution in [3.63, 3.8) is 0 Å². The molecule has 5 atom stereocenters. The number of amides is 1. The molecular formula is C29H38N4O9S. The summed E-state index contributed by atoms with van der Waals surface area (Å²) in [6.07, 6.45) is 0.662. The zero-order valence-corrected chi connectivity index (χ0v) is 25.8. The molecule has 0 bridgehead atoms. The third-order valence-electron chi connectivity index (χ3n) is 7.11. The smallest absolute Gasteiger partial charge is 0.303 e. The molecule has 14 heteroatoms. The van der Waals surface area contributed by atoms with Gasteiger partial charge in [0, 0.05) is 33.7 Å². The third kappa shape index (κ3) is 8.69. The summed E-state index contributed by atoms with van der Waals surface area (Å²) >= 11 is 1.19. The van der Waals surface area contributed by atoms with Crippen LogP contribution in [0.2, 0.25) is 0 Å². The molecular weight excluding hydrogens is 580 g/mol. The summed E-state index contributed by atoms with van der Waals surface area (Å²) < 4.78 is 30.8. The molecule has 5 unspecified atom stereocenters. The number of esters is 3. The van der Waals surface area contributed by atoms with E-state index in [2.05, 4.69) is 15.5 Å². The highest BCUT2D eigenvalue weighted by Crippen LogP contribution is 2.39. The second kappa shape index (κ2) is 14.7. The fourth-order valence-corrected chi connectivity index (χ4v) is 6.52. The van der Waals surface area contributed by atoms with Crippen LogP contribution in [0, 0.1) is 6.92 Å². The molecule has 1 N–H and O–H groups in total. The Morgan fingerprint density at radius 3 is 2.21 bits per heavy atom. The van der Waals surface area contributed by atoms with Crippen LogP contribution in [-0.4, -0.2) is 75.0 Å². The molecule has 4 rings (SSSR count). The predicted octanol–water partition coefficient (Wildman–Crippen LogP) is 3.03. The van der Waals surface area contributed by atoms with Gasteiger partial charge in [-0.05, 0) is 31.9 Å². The summed E-state index contributed by atoms with van der Waals surface area (Å²) in [5, 5.41) is 12.2. The molecule has 234 valence electrons. The lowest BCUT2D eigenvalue weighted by Crippen LogP contribution is -2.65. The van der Waals surface area contributed by atoms with Crippen LogP contribution < -0.4 is 10.1 Å². The Hall–Kier alpha value is -3.65. The van der Waals surface area contributed by atoms with Crippen LogP contribution in [0.1, 0.15) is 70.8 Å². The summed E-state index contributed by atoms with van der Waals surface area (Å²) in [5.74, 6) is -0.962. The number of carbonyl (C=O) groups excluding carboxylic acids is 4. The average Bonchev–Trinajstić information content (AvgIpc) is 3.59. The summed E-state index contributed by atoms with van der Waals surface area (Å²) in [4.78, 5) is 48.3. The number of hydrogen-bond acceptors (Lipinski definition) is 12. The maximum atomic E-state index is 12.3. The Labute approximate surface area is 254 Å². The van der Waals surface area contributed by atoms with Gasteiger partial charge in [-0.2, -0.15) is 0 Å². The standard InChI is InChI=1S/C29H38N4O9S/c1-16-10-12-22(13-11-16)39-15-24-31-32-29(33(24)21-8-6-7-9-21)43-28-25(30-17(2)34)27(41-20(5)37)26(40-19(4)36)23(42-28)14-38-18(3)35/h10-13,21,23,25-28H,6-9,14-15H2,1-5H3,(H,30,34). The summed E-state index contributed by atoms with van der Waals surface area (Å²) in [6.45, 7) is 6.89. The SMILES string of the molecule is CC(=O)NC1C(Sc2nnc(COc3ccc(C)cc3)n2C2CCCC2)OC(COC(C)=O)C(OC(C)=O)C1OC(C)=O. The van der Waals surface area contributed by atoms with Gasteiger partial charge in [-0.15, -0.1) is 10.2 Å². The lowest BCUT2D eigenvalue weighted by Gasteiger charge is -2.44. The summed E-state index contributed by atoms with van der Waals surface area (Å²) in [6, 6.07) is 6.91. The first-order valence-corrected chi connectivity index (χ1v) is 15.1. The third-order valence-corrected chi connectivity index (χ3v) is 8.23. The number of benzene rings is 1. The number of rotatable bonds is 11. The minimum atomic E-state index is -1.17. The molecule has 1 aliphatic heterocycles. The predicted molar refractivity (Wildman–Crippen MR) is 153 cm³/mol. The Bertz CT molecular complexity index is 1300. The van der Waals surface area contributed by atoms with Crippen LogP contribution in [-0.2, 0) is 44.7 Å². The highest BCUT2D eigenvalue weighted by atomic mass is 32.2. The van der Waals surface area contributed by atoms with E-state index in [0.717, 1.165) is 31.2 Å². The van der Waals surface area contributed by atoms with Crippen molar-refractivity contribution in [2.75, 3.05) is 6.61 Å². The number of carbonyl (C=O) groups is 4. The number of nitrogens with one attached hydrogen (secondary N) is 1. The van der Waals surface area contributed by atoms with E-state index in [-0.39, 0.29) is 19.3 Å². The molecule has 1 amide bonds. The van der Waals surface area contributed by atoms with Crippen LogP contribution in [0.15, 0.2) is 29.4 Å². The van der Waals surface area contributed by atoms with E-state index in [9.17, 15) is 19.2 Å². The van der Waals surface area contributed by atoms with Crippen molar-refractivity contribution in [2.45, 2.75) is 108 Å². The van der Waals surface area contributed by atoms with Crippen LogP contribution in [0.4, 0.5) is 0 Å². The second-order valence-electron chi connectivity index (χ2n) is 10.6. The fraction of sp³-hybridized carbons (Fsp3) is 0.586. The number of thioether (sulfide) groups is 1. The van der Waals surface area contributed by atoms with Gasteiger partial charge < -0.3 is 29.0 Å². The quantitative estimate of drug-likeness (QED) is 0.290. The molecule has 0 radical (unpaired) electrons. The van der Waals surface area contributed by atoms with Gasteiger partial charge in [0.1, 0.15) is 36.5 Å². The minimum Gasteiger partial charge on any atom is -0.486 e. The van der Waals surface area contributed by atoms with E-state index in [0.29, 0.717) is 16.7 Å². The minimum absolute atomic E-state index is 0.131. The van der Waals surface area contributed by atoms with Crippen molar-refractivity contribution in [1.29, 1.82) is 0 Å². The maximum Gasteiger partial charge on any atom is 0.303 e. The number of ether oxygens (including phenoxy) is 5. The van der Waals surface area contributed by atoms with E-state index < -0.39 is 53.6 Å². The molecule has 1 aliphatic carbocycles. The van der Waals surface area contributed by atoms with Gasteiger partial charge in [0.15, 0.2) is 23.2 Å². The lowest BCUT2D eigenvalue weighted by atomic mass is 9.97. The van der Waals surface area contributed by atoms with E-state index >= 15 is 0 Å². The Balaban J connectivity index is 1.68. The average molecular weight is 619 g/mol. The first-order chi connectivity index (χ1) is 20.5. The molecule has 1 saturated heterocycles. The zero-order chi connectivity index (χ0) is 31.1. The fourth-order valence-electron chi connectivity index (χ4n) is 5.29. The van der Waals surface area contributed by atoms with Crippen LogP contribution >= 0.6 is 11.8 Å². The van der Waals surface area contributed by atoms with E-state index in [1.54, 1.807) is 0 Å². The van der Waals surface area contributed by atoms with E-state index in [4.69, 9.17) is 23.7 Å². The second-order valence-corrected chi connectivity index (χ2v) is 11.7. The van der Waals surface area contributed by atoms with Crippen LogP contribution in [0.25, 0.3) is 0 Å². The molecule has 1 aromatic carbocycles. The van der Waals surface area contributed by atoms with Crippen molar-refractivity contribution in [3.8, 4) is 5.75 Å². The van der Waals surface area contributed by atoms with Gasteiger partial charge in [-0.1, -0.05) is 42.3 Å². The Morgan fingerprint density at radius 2 is 1.60 bits per heavy atom. The van der Waals surface area contributed by atoms with E-state index in [1.807, 2.05) is 35.8 Å². The molecule has 43 heavy (non-hydrogen) atoms. The van der Waals surface area contributed by atoms with Gasteiger partial charge in [-0.3, -0.25) is 23.7 Å². The van der Waals surface area contributed by atoms with Crippen molar-refractivity contribution in [1.82, 2.24) is 20.1 Å². The first-order valence-electron chi connectivity index (χ1n) is 14.2. The molecule has 2 heterocycles. The van der Waals surface area contributed by atoms with Crippen molar-refractivity contribution in [2.24, 2.45) is 0 Å². The van der Waals surface area contributed by atoms with Crippen molar-refractivity contribution < 1.29 is 42.9 Å². The molecule has 0 spiro atoms. The highest BCUT2D eigenvalue weighted by Gasteiger charge is 2.51. The summed E-state index contributed by atoms with van der Waals surface area (Å²) in [5.41, 5.74) is 0.229. The highest BCUT2D eigenvalue weighted by molar-refractivity contribution is 7.99. The topological polar surface area (TPSA) is 157 Å². The van der Waals surface area contributed by atoms with Gasteiger partial charge in [-0.25, -0.2) is 0 Å². The molecule has 1 saturated carbocycles. The summed E-state index contributed by atoms with van der Waals surface area (Å²) in [7, 11) is 0. The molecule has 2 fully saturated rings. The lowest BCUT2D eigenvalue weighted by molar-refractivity contribution is -0.211. The van der Waals surface area contributed by atoms with Crippen LogP contribution in [0.5, 0.6) is 5.75 Å². The monoisotopic (exact) mass is 618 g/mol. The van der Waals surface area contributed by atoms with Gasteiger partial charge in [0.25, 0.3) is 0 Å². The largest absolute Gasteiger partial charge is 0.486 e. The zero-order valence-electron chi connectivity index (χ0n) is 24.9. The molecule has 2 aliphatic rings. The number of nitrogens with zero attached hydrogens (tertiary/aromatic N) is 3. The Kier molecular flexibility index (Phi) is 11.0.